The number of hydrogen-bond donors (Lipinski definition) is 1. The zero-order chi connectivity index (χ0) is 18.5. The Bertz CT molecular complexity index is 694. The van der Waals surface area contributed by atoms with Crippen LogP contribution in [0.3, 0.4) is 0 Å². The van der Waals surface area contributed by atoms with Gasteiger partial charge in [-0.25, -0.2) is 4.79 Å². The number of ether oxygens (including phenoxy) is 1. The Morgan fingerprint density at radius 2 is 1.92 bits per heavy atom. The van der Waals surface area contributed by atoms with Gasteiger partial charge < -0.3 is 9.16 Å². The van der Waals surface area contributed by atoms with Gasteiger partial charge in [-0.2, -0.15) is 5.10 Å². The quantitative estimate of drug-likeness (QED) is 0.563. The van der Waals surface area contributed by atoms with Crippen LogP contribution in [0.4, 0.5) is 0 Å². The molecule has 0 fully saturated rings. The van der Waals surface area contributed by atoms with E-state index in [0.29, 0.717) is 12.3 Å². The second kappa shape index (κ2) is 7.97. The van der Waals surface area contributed by atoms with Crippen molar-refractivity contribution in [3.8, 4) is 0 Å². The van der Waals surface area contributed by atoms with Crippen molar-refractivity contribution in [2.45, 2.75) is 51.9 Å². The summed E-state index contributed by atoms with van der Waals surface area (Å²) in [5.74, 6) is -0.414. The number of nitrogens with one attached hydrogen (secondary N) is 1. The van der Waals surface area contributed by atoms with Gasteiger partial charge in [-0.3, -0.25) is 5.10 Å². The summed E-state index contributed by atoms with van der Waals surface area (Å²) in [6.07, 6.45) is 1.68. The van der Waals surface area contributed by atoms with Crippen molar-refractivity contribution >= 4 is 14.3 Å². The van der Waals surface area contributed by atoms with Crippen LogP contribution in [-0.2, 0) is 21.2 Å². The first-order valence-corrected chi connectivity index (χ1v) is 12.1. The number of carbonyl (C=O) groups is 1. The molecule has 5 nitrogen and oxygen atoms in total. The molecule has 0 spiro atoms. The molecule has 1 aromatic carbocycles. The number of H-pyrrole nitrogens is 1. The summed E-state index contributed by atoms with van der Waals surface area (Å²) >= 11 is 0. The van der Waals surface area contributed by atoms with Crippen molar-refractivity contribution in [1.29, 1.82) is 0 Å². The predicted molar refractivity (Wildman–Crippen MR) is 101 cm³/mol. The van der Waals surface area contributed by atoms with E-state index in [1.165, 1.54) is 5.56 Å². The van der Waals surface area contributed by atoms with Crippen LogP contribution in [0.2, 0.25) is 19.6 Å². The Morgan fingerprint density at radius 1 is 1.24 bits per heavy atom. The molecule has 0 saturated heterocycles. The van der Waals surface area contributed by atoms with Crippen LogP contribution in [0.1, 0.15) is 42.0 Å². The number of aromatic amines is 1. The fraction of sp³-hybridized carbons (Fsp3) is 0.474. The lowest BCUT2D eigenvalue weighted by Crippen LogP contribution is -2.39. The Hall–Kier alpha value is -1.92. The molecule has 1 heterocycles. The number of benzene rings is 1. The van der Waals surface area contributed by atoms with Crippen LogP contribution in [0.25, 0.3) is 0 Å². The van der Waals surface area contributed by atoms with E-state index in [2.05, 4.69) is 48.9 Å². The van der Waals surface area contributed by atoms with Gasteiger partial charge in [0, 0.05) is 0 Å². The predicted octanol–water partition coefficient (Wildman–Crippen LogP) is 4.29. The van der Waals surface area contributed by atoms with Crippen molar-refractivity contribution in [3.05, 3.63) is 53.3 Å². The number of aromatic nitrogens is 2. The first kappa shape index (κ1) is 19.4. The highest BCUT2D eigenvalue weighted by Gasteiger charge is 2.35. The van der Waals surface area contributed by atoms with Crippen molar-refractivity contribution in [1.82, 2.24) is 10.2 Å². The third-order valence-electron chi connectivity index (χ3n) is 3.90. The highest BCUT2D eigenvalue weighted by molar-refractivity contribution is 6.69. The molecule has 1 unspecified atom stereocenters. The van der Waals surface area contributed by atoms with Crippen molar-refractivity contribution < 1.29 is 14.0 Å². The molecule has 0 amide bonds. The number of rotatable bonds is 8. The Labute approximate surface area is 150 Å². The molecule has 2 rings (SSSR count). The molecule has 0 bridgehead atoms. The lowest BCUT2D eigenvalue weighted by Gasteiger charge is -2.35. The molecule has 1 aromatic heterocycles. The molecule has 0 aliphatic carbocycles. The van der Waals surface area contributed by atoms with Gasteiger partial charge in [0.1, 0.15) is 0 Å². The standard InChI is InChI=1S/C19H28N2O3Si/c1-6-23-18(22)16-14-17(21-20-16)19(2,24-25(3,4)5)13-12-15-10-8-7-9-11-15/h7-11,14H,6,12-13H2,1-5H3,(H,20,21). The minimum atomic E-state index is -1.81. The summed E-state index contributed by atoms with van der Waals surface area (Å²) in [6, 6.07) is 12.1. The fourth-order valence-electron chi connectivity index (χ4n) is 2.85. The van der Waals surface area contributed by atoms with Crippen LogP contribution in [0, 0.1) is 0 Å². The molecule has 6 heteroatoms. The average Bonchev–Trinajstić information content (AvgIpc) is 3.04. The van der Waals surface area contributed by atoms with E-state index in [0.717, 1.165) is 18.5 Å². The molecule has 0 aliphatic rings. The maximum atomic E-state index is 11.9. The van der Waals surface area contributed by atoms with Gasteiger partial charge >= 0.3 is 5.97 Å². The molecular weight excluding hydrogens is 332 g/mol. The molecule has 2 aromatic rings. The van der Waals surface area contributed by atoms with Crippen LogP contribution in [-0.4, -0.2) is 31.1 Å². The van der Waals surface area contributed by atoms with Gasteiger partial charge in [0.25, 0.3) is 0 Å². The minimum Gasteiger partial charge on any atom is -0.461 e. The van der Waals surface area contributed by atoms with Crippen molar-refractivity contribution in [2.75, 3.05) is 6.61 Å². The zero-order valence-electron chi connectivity index (χ0n) is 15.8. The first-order chi connectivity index (χ1) is 11.7. The summed E-state index contributed by atoms with van der Waals surface area (Å²) in [5.41, 5.74) is 1.84. The first-order valence-electron chi connectivity index (χ1n) is 8.70. The molecule has 0 aliphatic heterocycles. The van der Waals surface area contributed by atoms with Gasteiger partial charge in [0.2, 0.25) is 0 Å². The third-order valence-corrected chi connectivity index (χ3v) is 4.96. The molecule has 25 heavy (non-hydrogen) atoms. The SMILES string of the molecule is CCOC(=O)c1cc(C(C)(CCc2ccccc2)O[Si](C)(C)C)[nH]n1. The van der Waals surface area contributed by atoms with E-state index < -0.39 is 19.9 Å². The largest absolute Gasteiger partial charge is 0.461 e. The second-order valence-corrected chi connectivity index (χ2v) is 11.7. The van der Waals surface area contributed by atoms with E-state index in [1.807, 2.05) is 18.2 Å². The number of aryl methyl sites for hydroxylation is 1. The highest BCUT2D eigenvalue weighted by atomic mass is 28.4. The van der Waals surface area contributed by atoms with Crippen LogP contribution in [0.5, 0.6) is 0 Å². The summed E-state index contributed by atoms with van der Waals surface area (Å²) < 4.78 is 11.5. The molecule has 0 radical (unpaired) electrons. The van der Waals surface area contributed by atoms with Gasteiger partial charge in [-0.15, -0.1) is 0 Å². The minimum absolute atomic E-state index is 0.293. The van der Waals surface area contributed by atoms with Gasteiger partial charge in [-0.05, 0) is 58.0 Å². The van der Waals surface area contributed by atoms with Crippen LogP contribution < -0.4 is 0 Å². The molecule has 1 N–H and O–H groups in total. The number of hydrogen-bond acceptors (Lipinski definition) is 4. The van der Waals surface area contributed by atoms with Crippen LogP contribution in [0.15, 0.2) is 36.4 Å². The topological polar surface area (TPSA) is 64.2 Å². The lowest BCUT2D eigenvalue weighted by molar-refractivity contribution is 0.0519. The third kappa shape index (κ3) is 5.54. The average molecular weight is 361 g/mol. The maximum Gasteiger partial charge on any atom is 0.358 e. The Morgan fingerprint density at radius 3 is 2.52 bits per heavy atom. The van der Waals surface area contributed by atoms with Crippen molar-refractivity contribution in [2.24, 2.45) is 0 Å². The smallest absolute Gasteiger partial charge is 0.358 e. The monoisotopic (exact) mass is 360 g/mol. The second-order valence-electron chi connectivity index (χ2n) is 7.32. The van der Waals surface area contributed by atoms with Gasteiger partial charge in [-0.1, -0.05) is 30.3 Å². The summed E-state index contributed by atoms with van der Waals surface area (Å²) in [6.45, 7) is 10.7. The van der Waals surface area contributed by atoms with E-state index in [4.69, 9.17) is 9.16 Å². The van der Waals surface area contributed by atoms with Crippen molar-refractivity contribution in [3.63, 3.8) is 0 Å². The highest BCUT2D eigenvalue weighted by Crippen LogP contribution is 2.33. The molecule has 0 saturated carbocycles. The molecular formula is C19H28N2O3Si. The normalized spacial score (nSPS) is 14.1. The lowest BCUT2D eigenvalue weighted by atomic mass is 9.93. The van der Waals surface area contributed by atoms with E-state index in [-0.39, 0.29) is 0 Å². The van der Waals surface area contributed by atoms with Gasteiger partial charge in [0.05, 0.1) is 17.9 Å². The summed E-state index contributed by atoms with van der Waals surface area (Å²) in [4.78, 5) is 11.9. The van der Waals surface area contributed by atoms with Gasteiger partial charge in [0.15, 0.2) is 14.0 Å². The zero-order valence-corrected chi connectivity index (χ0v) is 16.8. The maximum absolute atomic E-state index is 11.9. The van der Waals surface area contributed by atoms with E-state index in [1.54, 1.807) is 13.0 Å². The summed E-state index contributed by atoms with van der Waals surface area (Å²) in [5, 5.41) is 7.11. The van der Waals surface area contributed by atoms with E-state index >= 15 is 0 Å². The molecule has 136 valence electrons. The molecule has 1 atom stereocenters. The number of carbonyl (C=O) groups excluding carboxylic acids is 1. The fourth-order valence-corrected chi connectivity index (χ4v) is 4.41. The Balaban J connectivity index is 2.24. The van der Waals surface area contributed by atoms with E-state index in [9.17, 15) is 4.79 Å². The van der Waals surface area contributed by atoms with Crippen LogP contribution >= 0.6 is 0 Å². The summed E-state index contributed by atoms with van der Waals surface area (Å²) in [7, 11) is -1.81. The number of nitrogens with zero attached hydrogens (tertiary/aromatic N) is 1. The Kier molecular flexibility index (Phi) is 6.19. The number of esters is 1.